The lowest BCUT2D eigenvalue weighted by atomic mass is 9.66. The average Bonchev–Trinajstić information content (AvgIpc) is 3.77. The molecule has 4 saturated carbocycles. The second-order valence-electron chi connectivity index (χ2n) is 19.6. The van der Waals surface area contributed by atoms with Crippen LogP contribution in [0.5, 0.6) is 11.5 Å². The van der Waals surface area contributed by atoms with Gasteiger partial charge in [0.1, 0.15) is 32.5 Å². The quantitative estimate of drug-likeness (QED) is 0.0446. The Morgan fingerprint density at radius 1 is 0.507 bits per heavy atom. The minimum atomic E-state index is -4.16. The number of nitrogens with one attached hydrogen (secondary N) is 4. The van der Waals surface area contributed by atoms with Crippen molar-refractivity contribution in [2.75, 3.05) is 49.5 Å². The third kappa shape index (κ3) is 9.22. The molecule has 20 heteroatoms. The second-order valence-corrected chi connectivity index (χ2v) is 24.6. The Morgan fingerprint density at radius 2 is 0.881 bits per heavy atom. The fourth-order valence-corrected chi connectivity index (χ4v) is 14.4. The normalized spacial score (nSPS) is 23.1. The first-order chi connectivity index (χ1) is 31.7. The molecule has 0 spiro atoms. The molecule has 4 aromatic rings. The van der Waals surface area contributed by atoms with Crippen LogP contribution in [-0.2, 0) is 20.0 Å². The summed E-state index contributed by atoms with van der Waals surface area (Å²) in [5.41, 5.74) is -2.77. The van der Waals surface area contributed by atoms with Crippen molar-refractivity contribution in [2.45, 2.75) is 118 Å². The van der Waals surface area contributed by atoms with E-state index in [1.54, 1.807) is 0 Å². The van der Waals surface area contributed by atoms with Crippen LogP contribution in [-0.4, -0.2) is 75.9 Å². The predicted octanol–water partition coefficient (Wildman–Crippen LogP) is 7.45. The second kappa shape index (κ2) is 19.3. The highest BCUT2D eigenvalue weighted by atomic mass is 35.5. The van der Waals surface area contributed by atoms with Crippen molar-refractivity contribution in [1.29, 1.82) is 0 Å². The van der Waals surface area contributed by atoms with E-state index in [1.165, 1.54) is 52.5 Å². The summed E-state index contributed by atoms with van der Waals surface area (Å²) in [6.45, 7) is 0. The third-order valence-electron chi connectivity index (χ3n) is 15.4. The van der Waals surface area contributed by atoms with Crippen LogP contribution in [0, 0.1) is 35.5 Å². The summed E-state index contributed by atoms with van der Waals surface area (Å²) in [5.74, 6) is 0.546. The Morgan fingerprint density at radius 3 is 1.30 bits per heavy atom. The van der Waals surface area contributed by atoms with Crippen molar-refractivity contribution in [3.05, 3.63) is 75.2 Å². The van der Waals surface area contributed by atoms with Crippen LogP contribution in [0.2, 0.25) is 10.0 Å². The summed E-state index contributed by atoms with van der Waals surface area (Å²) in [6, 6.07) is 5.21. The molecule has 0 amide bonds. The van der Waals surface area contributed by atoms with Gasteiger partial charge in [0.2, 0.25) is 20.0 Å². The van der Waals surface area contributed by atoms with Crippen molar-refractivity contribution in [3.63, 3.8) is 0 Å². The molecule has 8 rings (SSSR count). The van der Waals surface area contributed by atoms with Crippen molar-refractivity contribution in [3.8, 4) is 11.5 Å². The Bertz CT molecular complexity index is 2900. The Labute approximate surface area is 400 Å². The van der Waals surface area contributed by atoms with Gasteiger partial charge in [-0.15, -0.1) is 0 Å². The number of rotatable bonds is 17. The van der Waals surface area contributed by atoms with Gasteiger partial charge in [0, 0.05) is 40.3 Å². The fraction of sp³-hybridized carbons (Fsp3) is 0.574. The molecule has 6 N–H and O–H groups in total. The van der Waals surface area contributed by atoms with Gasteiger partial charge < -0.3 is 31.5 Å². The zero-order valence-corrected chi connectivity index (χ0v) is 41.3. The molecule has 0 saturated heterocycles. The molecule has 0 bridgehead atoms. The molecule has 4 aliphatic rings. The van der Waals surface area contributed by atoms with E-state index in [2.05, 4.69) is 21.3 Å². The number of sulfonamides is 2. The predicted molar refractivity (Wildman–Crippen MR) is 262 cm³/mol. The minimum absolute atomic E-state index is 0.0251. The molecule has 4 aliphatic carbocycles. The Balaban J connectivity index is 0.990. The monoisotopic (exact) mass is 1000 g/mol. The van der Waals surface area contributed by atoms with E-state index in [4.69, 9.17) is 23.2 Å². The first kappa shape index (κ1) is 49.2. The van der Waals surface area contributed by atoms with Crippen molar-refractivity contribution in [2.24, 2.45) is 35.5 Å². The number of phenolic OH excluding ortho intramolecular Hbond substituents is 2. The number of aromatic hydroxyl groups is 2. The molecule has 6 atom stereocenters. The number of hydrogen-bond donors (Lipinski definition) is 6. The number of anilines is 6. The lowest BCUT2D eigenvalue weighted by Crippen LogP contribution is -2.46. The van der Waals surface area contributed by atoms with E-state index in [0.717, 1.165) is 105 Å². The van der Waals surface area contributed by atoms with E-state index in [-0.39, 0.29) is 74.0 Å². The molecule has 364 valence electrons. The van der Waals surface area contributed by atoms with E-state index in [9.17, 15) is 46.2 Å². The van der Waals surface area contributed by atoms with Crippen LogP contribution < -0.4 is 43.0 Å². The fourth-order valence-electron chi connectivity index (χ4n) is 11.4. The standard InChI is InChI=1S/C47H60Cl2N6O10S2/c1-54(2)66(62,63)46-30(48)18-20-32(40(46)56)50-36-38(44(60)42(36)58)52-34(25-12-8-13-25)28-15-9-14-26(22-28)27-16-17-29(23-27)35(24-10-6-5-7-11-24)53-39-37(43(59)45(39)61)51-33-21-19-31(49)47(41(33)57)67(64,65)55(3)4/h18-21,24-29,34-35,50-53,56-57H,5-17,22-23H2,1-4H3. The molecule has 6 unspecified atom stereocenters. The zero-order chi connectivity index (χ0) is 48.3. The minimum Gasteiger partial charge on any atom is -0.504 e. The van der Waals surface area contributed by atoms with E-state index in [1.807, 2.05) is 0 Å². The molecule has 0 aliphatic heterocycles. The maximum Gasteiger partial charge on any atom is 0.253 e. The summed E-state index contributed by atoms with van der Waals surface area (Å²) >= 11 is 12.5. The largest absolute Gasteiger partial charge is 0.504 e. The smallest absolute Gasteiger partial charge is 0.253 e. The van der Waals surface area contributed by atoms with E-state index < -0.39 is 63.1 Å². The maximum absolute atomic E-state index is 13.3. The maximum atomic E-state index is 13.3. The van der Waals surface area contributed by atoms with Crippen LogP contribution in [0.25, 0.3) is 0 Å². The molecule has 4 fully saturated rings. The highest BCUT2D eigenvalue weighted by Crippen LogP contribution is 2.50. The van der Waals surface area contributed by atoms with Crippen LogP contribution in [0.15, 0.2) is 53.2 Å². The lowest BCUT2D eigenvalue weighted by Gasteiger charge is -2.44. The molecular weight excluding hydrogens is 944 g/mol. The topological polar surface area (TPSA) is 232 Å². The number of halogens is 2. The van der Waals surface area contributed by atoms with E-state index in [0.29, 0.717) is 17.8 Å². The van der Waals surface area contributed by atoms with Crippen molar-refractivity contribution >= 4 is 77.4 Å². The summed E-state index contributed by atoms with van der Waals surface area (Å²) in [7, 11) is -3.06. The van der Waals surface area contributed by atoms with Gasteiger partial charge in [-0.1, -0.05) is 61.7 Å². The van der Waals surface area contributed by atoms with Gasteiger partial charge >= 0.3 is 0 Å². The zero-order valence-electron chi connectivity index (χ0n) is 38.2. The van der Waals surface area contributed by atoms with Gasteiger partial charge in [0.25, 0.3) is 21.7 Å². The molecule has 0 radical (unpaired) electrons. The van der Waals surface area contributed by atoms with Crippen molar-refractivity contribution in [1.82, 2.24) is 8.61 Å². The number of benzene rings is 2. The molecule has 0 aromatic heterocycles. The van der Waals surface area contributed by atoms with Crippen molar-refractivity contribution < 1.29 is 27.0 Å². The van der Waals surface area contributed by atoms with Gasteiger partial charge in [-0.05, 0) is 118 Å². The first-order valence-corrected chi connectivity index (χ1v) is 27.0. The number of phenols is 2. The van der Waals surface area contributed by atoms with E-state index >= 15 is 0 Å². The molecule has 16 nitrogen and oxygen atoms in total. The summed E-state index contributed by atoms with van der Waals surface area (Å²) in [6.07, 6.45) is 15.2. The molecular formula is C47H60Cl2N6O10S2. The van der Waals surface area contributed by atoms with Crippen LogP contribution in [0.3, 0.4) is 0 Å². The van der Waals surface area contributed by atoms with Crippen LogP contribution in [0.1, 0.15) is 96.3 Å². The van der Waals surface area contributed by atoms with Gasteiger partial charge in [0.05, 0.1) is 21.4 Å². The van der Waals surface area contributed by atoms with Crippen LogP contribution in [0.4, 0.5) is 34.1 Å². The van der Waals surface area contributed by atoms with Gasteiger partial charge in [-0.25, -0.2) is 25.4 Å². The summed E-state index contributed by atoms with van der Waals surface area (Å²) in [4.78, 5) is 51.7. The SMILES string of the molecule is CN(C)S(=O)(=O)c1c(Cl)ccc(Nc2c(NC(C3CCC3)C3CCCC(C4CCC(C(Nc5c(Nc6ccc(Cl)c(S(=O)(=O)N(C)C)c6O)c(=O)c5=O)C5CCCCC5)C4)C3)c(=O)c2=O)c1O. The van der Waals surface area contributed by atoms with Gasteiger partial charge in [-0.2, -0.15) is 0 Å². The first-order valence-electron chi connectivity index (χ1n) is 23.3. The average molecular weight is 1000 g/mol. The highest BCUT2D eigenvalue weighted by Gasteiger charge is 2.44. The number of hydrogen-bond acceptors (Lipinski definition) is 14. The third-order valence-corrected chi connectivity index (χ3v) is 20.0. The number of nitrogens with zero attached hydrogens (tertiary/aromatic N) is 2. The molecule has 4 aromatic carbocycles. The Kier molecular flexibility index (Phi) is 14.2. The van der Waals surface area contributed by atoms with Gasteiger partial charge in [0.15, 0.2) is 11.5 Å². The molecule has 67 heavy (non-hydrogen) atoms. The lowest BCUT2D eigenvalue weighted by molar-refractivity contribution is 0.134. The van der Waals surface area contributed by atoms with Gasteiger partial charge in [-0.3, -0.25) is 19.2 Å². The summed E-state index contributed by atoms with van der Waals surface area (Å²) in [5, 5.41) is 34.6. The van der Waals surface area contributed by atoms with Crippen LogP contribution >= 0.6 is 23.2 Å². The highest BCUT2D eigenvalue weighted by molar-refractivity contribution is 7.89. The summed E-state index contributed by atoms with van der Waals surface area (Å²) < 4.78 is 54.0. The molecule has 0 heterocycles. The Hall–Kier alpha value is -4.20.